The van der Waals surface area contributed by atoms with Crippen molar-refractivity contribution in [2.24, 2.45) is 11.8 Å². The Labute approximate surface area is 153 Å². The zero-order chi connectivity index (χ0) is 17.0. The highest BCUT2D eigenvalue weighted by Gasteiger charge is 2.39. The molecule has 2 atom stereocenters. The summed E-state index contributed by atoms with van der Waals surface area (Å²) in [6.45, 7) is 4.09. The molecule has 4 fully saturated rings. The molecule has 132 valence electrons. The number of amides is 1. The summed E-state index contributed by atoms with van der Waals surface area (Å²) < 4.78 is 0. The van der Waals surface area contributed by atoms with Crippen molar-refractivity contribution < 1.29 is 4.79 Å². The van der Waals surface area contributed by atoms with Gasteiger partial charge in [0.2, 0.25) is 0 Å². The van der Waals surface area contributed by atoms with Crippen LogP contribution in [-0.4, -0.2) is 52.9 Å². The third kappa shape index (κ3) is 2.85. The molecule has 1 aromatic carbocycles. The number of hydrogen-bond acceptors (Lipinski definition) is 2. The van der Waals surface area contributed by atoms with Gasteiger partial charge in [0.05, 0.1) is 5.02 Å². The summed E-state index contributed by atoms with van der Waals surface area (Å²) in [4.78, 5) is 21.1. The molecule has 0 radical (unpaired) electrons. The van der Waals surface area contributed by atoms with E-state index in [2.05, 4.69) is 9.88 Å². The Balaban J connectivity index is 1.40. The molecule has 4 heterocycles. The fraction of sp³-hybridized carbons (Fsp3) is 0.550. The number of carbonyl (C=O) groups is 1. The van der Waals surface area contributed by atoms with Crippen molar-refractivity contribution in [2.45, 2.75) is 31.7 Å². The molecule has 4 aliphatic rings. The quantitative estimate of drug-likeness (QED) is 0.908. The second-order valence-corrected chi connectivity index (χ2v) is 8.44. The first-order valence-electron chi connectivity index (χ1n) is 9.48. The zero-order valence-electron chi connectivity index (χ0n) is 14.4. The highest BCUT2D eigenvalue weighted by molar-refractivity contribution is 6.38. The first kappa shape index (κ1) is 15.7. The van der Waals surface area contributed by atoms with Crippen LogP contribution in [0.1, 0.15) is 36.2 Å². The number of benzene rings is 1. The number of rotatable bonds is 3. The summed E-state index contributed by atoms with van der Waals surface area (Å²) in [6.07, 6.45) is 5.25. The van der Waals surface area contributed by atoms with Crippen molar-refractivity contribution in [1.82, 2.24) is 14.8 Å². The minimum atomic E-state index is 0.0615. The van der Waals surface area contributed by atoms with Crippen molar-refractivity contribution in [3.8, 4) is 0 Å². The fourth-order valence-corrected chi connectivity index (χ4v) is 4.91. The third-order valence-corrected chi connectivity index (χ3v) is 6.55. The Morgan fingerprint density at radius 1 is 1.12 bits per heavy atom. The van der Waals surface area contributed by atoms with Crippen LogP contribution in [0.15, 0.2) is 24.3 Å². The molecule has 1 aromatic heterocycles. The molecule has 3 aliphatic heterocycles. The van der Waals surface area contributed by atoms with Gasteiger partial charge in [0.1, 0.15) is 5.69 Å². The molecular formula is C20H24ClN3O. The number of para-hydroxylation sites is 1. The predicted octanol–water partition coefficient (Wildman–Crippen LogP) is 3.77. The van der Waals surface area contributed by atoms with Crippen LogP contribution < -0.4 is 0 Å². The van der Waals surface area contributed by atoms with Gasteiger partial charge < -0.3 is 9.88 Å². The second kappa shape index (κ2) is 6.03. The maximum atomic E-state index is 13.2. The normalized spacial score (nSPS) is 27.0. The van der Waals surface area contributed by atoms with Crippen molar-refractivity contribution in [2.75, 3.05) is 26.2 Å². The molecule has 25 heavy (non-hydrogen) atoms. The van der Waals surface area contributed by atoms with Crippen LogP contribution in [0.3, 0.4) is 0 Å². The lowest BCUT2D eigenvalue weighted by Gasteiger charge is -2.36. The summed E-state index contributed by atoms with van der Waals surface area (Å²) >= 11 is 6.52. The van der Waals surface area contributed by atoms with Crippen LogP contribution in [0.25, 0.3) is 10.9 Å². The van der Waals surface area contributed by atoms with Gasteiger partial charge in [-0.15, -0.1) is 0 Å². The fourth-order valence-electron chi connectivity index (χ4n) is 4.61. The number of hydrogen-bond donors (Lipinski definition) is 1. The minimum Gasteiger partial charge on any atom is -0.349 e. The summed E-state index contributed by atoms with van der Waals surface area (Å²) in [5.41, 5.74) is 1.49. The molecule has 2 aromatic rings. The topological polar surface area (TPSA) is 39.3 Å². The minimum absolute atomic E-state index is 0.0615. The van der Waals surface area contributed by atoms with Gasteiger partial charge in [-0.05, 0) is 43.6 Å². The first-order chi connectivity index (χ1) is 12.2. The lowest BCUT2D eigenvalue weighted by Crippen LogP contribution is -2.45. The molecule has 0 spiro atoms. The number of nitrogens with zero attached hydrogens (tertiary/aromatic N) is 2. The average Bonchev–Trinajstić information content (AvgIpc) is 3.42. The lowest BCUT2D eigenvalue weighted by atomic mass is 9.95. The number of piperidine rings is 1. The first-order valence-corrected chi connectivity index (χ1v) is 9.86. The Morgan fingerprint density at radius 3 is 2.76 bits per heavy atom. The Hall–Kier alpha value is -1.52. The number of fused-ring (bicyclic) bond motifs is 5. The van der Waals surface area contributed by atoms with Gasteiger partial charge in [0.15, 0.2) is 0 Å². The van der Waals surface area contributed by atoms with Gasteiger partial charge >= 0.3 is 0 Å². The summed E-state index contributed by atoms with van der Waals surface area (Å²) in [6, 6.07) is 8.38. The van der Waals surface area contributed by atoms with Crippen LogP contribution in [0, 0.1) is 11.8 Å². The van der Waals surface area contributed by atoms with E-state index in [0.717, 1.165) is 36.5 Å². The number of aromatic nitrogens is 1. The highest BCUT2D eigenvalue weighted by atomic mass is 35.5. The standard InChI is InChI=1S/C20H24ClN3O/c21-18-16-3-1-2-4-17(16)22-19(18)20(25)24-11-14-7-8-15(12-24)23(10-14)9-13-5-6-13/h1-4,13-15,22H,5-12H2/t14-,15-/m0/s1. The Bertz CT molecular complexity index is 812. The summed E-state index contributed by atoms with van der Waals surface area (Å²) in [7, 11) is 0. The smallest absolute Gasteiger partial charge is 0.271 e. The molecule has 1 aliphatic carbocycles. The summed E-state index contributed by atoms with van der Waals surface area (Å²) in [5, 5.41) is 1.49. The largest absolute Gasteiger partial charge is 0.349 e. The van der Waals surface area contributed by atoms with E-state index in [4.69, 9.17) is 11.6 Å². The number of aromatic amines is 1. The van der Waals surface area contributed by atoms with E-state index in [0.29, 0.717) is 22.7 Å². The van der Waals surface area contributed by atoms with E-state index in [-0.39, 0.29) is 5.91 Å². The zero-order valence-corrected chi connectivity index (χ0v) is 15.1. The molecule has 6 rings (SSSR count). The average molecular weight is 358 g/mol. The van der Waals surface area contributed by atoms with E-state index < -0.39 is 0 Å². The molecule has 4 nitrogen and oxygen atoms in total. The van der Waals surface area contributed by atoms with E-state index in [9.17, 15) is 4.79 Å². The van der Waals surface area contributed by atoms with Crippen molar-refractivity contribution >= 4 is 28.4 Å². The van der Waals surface area contributed by atoms with E-state index in [1.807, 2.05) is 29.2 Å². The van der Waals surface area contributed by atoms with Crippen LogP contribution in [0.4, 0.5) is 0 Å². The van der Waals surface area contributed by atoms with Gasteiger partial charge in [0, 0.05) is 43.1 Å². The maximum Gasteiger partial charge on any atom is 0.271 e. The van der Waals surface area contributed by atoms with Crippen LogP contribution in [0.2, 0.25) is 5.02 Å². The van der Waals surface area contributed by atoms with Crippen molar-refractivity contribution in [3.05, 3.63) is 35.0 Å². The molecule has 1 saturated carbocycles. The van der Waals surface area contributed by atoms with Crippen molar-refractivity contribution in [3.63, 3.8) is 0 Å². The van der Waals surface area contributed by atoms with Gasteiger partial charge in [-0.3, -0.25) is 9.69 Å². The highest BCUT2D eigenvalue weighted by Crippen LogP contribution is 2.36. The van der Waals surface area contributed by atoms with Gasteiger partial charge in [-0.2, -0.15) is 0 Å². The molecule has 2 bridgehead atoms. The maximum absolute atomic E-state index is 13.2. The molecule has 3 saturated heterocycles. The molecule has 1 amide bonds. The van der Waals surface area contributed by atoms with Crippen LogP contribution >= 0.6 is 11.6 Å². The molecular weight excluding hydrogens is 334 g/mol. The predicted molar refractivity (Wildman–Crippen MR) is 100 cm³/mol. The SMILES string of the molecule is O=C(c1[nH]c2ccccc2c1Cl)N1C[C@H]2CC[C@@H](C1)N(CC1CC1)C2. The van der Waals surface area contributed by atoms with E-state index in [1.54, 1.807) is 0 Å². The Morgan fingerprint density at radius 2 is 1.96 bits per heavy atom. The van der Waals surface area contributed by atoms with Gasteiger partial charge in [0.25, 0.3) is 5.91 Å². The van der Waals surface area contributed by atoms with E-state index in [1.165, 1.54) is 32.2 Å². The molecule has 5 heteroatoms. The van der Waals surface area contributed by atoms with Crippen LogP contribution in [-0.2, 0) is 0 Å². The number of halogens is 1. The number of nitrogens with one attached hydrogen (secondary N) is 1. The monoisotopic (exact) mass is 357 g/mol. The van der Waals surface area contributed by atoms with Crippen LogP contribution in [0.5, 0.6) is 0 Å². The number of H-pyrrole nitrogens is 1. The molecule has 0 unspecified atom stereocenters. The third-order valence-electron chi connectivity index (χ3n) is 6.16. The molecule has 1 N–H and O–H groups in total. The van der Waals surface area contributed by atoms with E-state index >= 15 is 0 Å². The second-order valence-electron chi connectivity index (χ2n) is 8.06. The lowest BCUT2D eigenvalue weighted by molar-refractivity contribution is 0.0732. The van der Waals surface area contributed by atoms with Gasteiger partial charge in [-0.1, -0.05) is 29.8 Å². The Kier molecular flexibility index (Phi) is 3.79. The number of carbonyl (C=O) groups excluding carboxylic acids is 1. The van der Waals surface area contributed by atoms with Gasteiger partial charge in [-0.25, -0.2) is 0 Å². The summed E-state index contributed by atoms with van der Waals surface area (Å²) in [5.74, 6) is 1.57. The van der Waals surface area contributed by atoms with Crippen molar-refractivity contribution in [1.29, 1.82) is 0 Å².